The zero-order chi connectivity index (χ0) is 18.2. The minimum absolute atomic E-state index is 0.0731. The molecule has 0 aliphatic rings. The highest BCUT2D eigenvalue weighted by atomic mass is 16.5. The summed E-state index contributed by atoms with van der Waals surface area (Å²) in [7, 11) is 0. The van der Waals surface area contributed by atoms with E-state index >= 15 is 0 Å². The highest BCUT2D eigenvalue weighted by Crippen LogP contribution is 2.14. The van der Waals surface area contributed by atoms with E-state index in [0.717, 1.165) is 5.69 Å². The molecular weight excluding hydrogens is 324 g/mol. The van der Waals surface area contributed by atoms with E-state index in [1.165, 1.54) is 0 Å². The third-order valence-electron chi connectivity index (χ3n) is 3.27. The third kappa shape index (κ3) is 9.69. The van der Waals surface area contributed by atoms with Crippen LogP contribution < -0.4 is 4.90 Å². The Labute approximate surface area is 148 Å². The van der Waals surface area contributed by atoms with Crippen LogP contribution in [0.2, 0.25) is 0 Å². The summed E-state index contributed by atoms with van der Waals surface area (Å²) in [6, 6.07) is 9.58. The lowest BCUT2D eigenvalue weighted by molar-refractivity contribution is -0.118. The van der Waals surface area contributed by atoms with Gasteiger partial charge in [-0.05, 0) is 17.7 Å². The van der Waals surface area contributed by atoms with Gasteiger partial charge in [-0.15, -0.1) is 0 Å². The minimum atomic E-state index is 0.0731. The van der Waals surface area contributed by atoms with Gasteiger partial charge in [-0.25, -0.2) is 0 Å². The predicted octanol–water partition coefficient (Wildman–Crippen LogP) is 2.79. The Bertz CT molecular complexity index is 521. The minimum Gasteiger partial charge on any atom is -0.379 e. The van der Waals surface area contributed by atoms with E-state index in [4.69, 9.17) is 19.7 Å². The molecule has 8 nitrogen and oxygen atoms in total. The van der Waals surface area contributed by atoms with E-state index in [0.29, 0.717) is 59.2 Å². The molecular formula is C17H26N4O4. The number of hydrogen-bond acceptors (Lipinski definition) is 5. The van der Waals surface area contributed by atoms with Gasteiger partial charge in [0.15, 0.2) is 0 Å². The molecule has 1 aromatic carbocycles. The number of para-hydroxylation sites is 1. The fourth-order valence-electron chi connectivity index (χ4n) is 2.04. The van der Waals surface area contributed by atoms with Gasteiger partial charge in [-0.1, -0.05) is 30.2 Å². The van der Waals surface area contributed by atoms with Crippen molar-refractivity contribution in [2.24, 2.45) is 5.11 Å². The highest BCUT2D eigenvalue weighted by molar-refractivity contribution is 5.93. The van der Waals surface area contributed by atoms with Gasteiger partial charge in [0.2, 0.25) is 5.91 Å². The second kappa shape index (κ2) is 14.2. The zero-order valence-electron chi connectivity index (χ0n) is 14.7. The monoisotopic (exact) mass is 350 g/mol. The summed E-state index contributed by atoms with van der Waals surface area (Å²) in [5, 5.41) is 3.36. The van der Waals surface area contributed by atoms with Crippen LogP contribution in [-0.2, 0) is 19.0 Å². The van der Waals surface area contributed by atoms with Crippen molar-refractivity contribution in [2.45, 2.75) is 13.3 Å². The van der Waals surface area contributed by atoms with Gasteiger partial charge >= 0.3 is 0 Å². The first kappa shape index (κ1) is 20.9. The molecule has 0 unspecified atom stereocenters. The summed E-state index contributed by atoms with van der Waals surface area (Å²) in [6.45, 7) is 5.37. The van der Waals surface area contributed by atoms with Gasteiger partial charge in [-0.2, -0.15) is 0 Å². The van der Waals surface area contributed by atoms with Crippen molar-refractivity contribution in [3.05, 3.63) is 40.8 Å². The van der Waals surface area contributed by atoms with Gasteiger partial charge in [0, 0.05) is 30.1 Å². The number of hydrogen-bond donors (Lipinski definition) is 0. The first-order chi connectivity index (χ1) is 12.3. The van der Waals surface area contributed by atoms with E-state index in [1.54, 1.807) is 4.90 Å². The number of rotatable bonds is 14. The molecule has 138 valence electrons. The van der Waals surface area contributed by atoms with Crippen molar-refractivity contribution in [1.82, 2.24) is 0 Å². The number of azide groups is 1. The largest absolute Gasteiger partial charge is 0.379 e. The zero-order valence-corrected chi connectivity index (χ0v) is 14.7. The normalized spacial score (nSPS) is 10.3. The summed E-state index contributed by atoms with van der Waals surface area (Å²) < 4.78 is 16.1. The summed E-state index contributed by atoms with van der Waals surface area (Å²) in [5.74, 6) is 0.0731. The van der Waals surface area contributed by atoms with Crippen LogP contribution >= 0.6 is 0 Å². The van der Waals surface area contributed by atoms with Crippen molar-refractivity contribution in [1.29, 1.82) is 0 Å². The molecule has 0 saturated carbocycles. The van der Waals surface area contributed by atoms with Crippen molar-refractivity contribution in [3.63, 3.8) is 0 Å². The Morgan fingerprint density at radius 3 is 2.24 bits per heavy atom. The molecule has 0 atom stereocenters. The molecule has 25 heavy (non-hydrogen) atoms. The Morgan fingerprint density at radius 1 is 1.04 bits per heavy atom. The standard InChI is InChI=1S/C17H26N4O4/c1-2-17(22)21(16-6-4-3-5-7-16)9-11-24-13-15-25-14-12-23-10-8-19-20-18/h3-7H,2,8-15H2,1H3. The number of amides is 1. The maximum atomic E-state index is 12.1. The van der Waals surface area contributed by atoms with E-state index < -0.39 is 0 Å². The van der Waals surface area contributed by atoms with Crippen LogP contribution in [0.1, 0.15) is 13.3 Å². The van der Waals surface area contributed by atoms with E-state index in [-0.39, 0.29) is 5.91 Å². The molecule has 0 aromatic heterocycles. The van der Waals surface area contributed by atoms with E-state index in [2.05, 4.69) is 10.0 Å². The van der Waals surface area contributed by atoms with Crippen LogP contribution in [-0.4, -0.2) is 58.6 Å². The lowest BCUT2D eigenvalue weighted by Crippen LogP contribution is -2.33. The Hall–Kier alpha value is -2.12. The van der Waals surface area contributed by atoms with E-state index in [9.17, 15) is 4.79 Å². The second-order valence-corrected chi connectivity index (χ2v) is 5.03. The fourth-order valence-corrected chi connectivity index (χ4v) is 2.04. The van der Waals surface area contributed by atoms with Gasteiger partial charge in [0.25, 0.3) is 0 Å². The predicted molar refractivity (Wildman–Crippen MR) is 95.6 cm³/mol. The Morgan fingerprint density at radius 2 is 1.64 bits per heavy atom. The molecule has 0 bridgehead atoms. The molecule has 0 radical (unpaired) electrons. The molecule has 0 fully saturated rings. The second-order valence-electron chi connectivity index (χ2n) is 5.03. The van der Waals surface area contributed by atoms with Crippen LogP contribution in [0, 0.1) is 0 Å². The number of ether oxygens (including phenoxy) is 3. The molecule has 0 saturated heterocycles. The number of nitrogens with zero attached hydrogens (tertiary/aromatic N) is 4. The molecule has 0 aliphatic heterocycles. The first-order valence-corrected chi connectivity index (χ1v) is 8.39. The average Bonchev–Trinajstić information content (AvgIpc) is 2.66. The maximum Gasteiger partial charge on any atom is 0.226 e. The van der Waals surface area contributed by atoms with Crippen LogP contribution in [0.5, 0.6) is 0 Å². The molecule has 1 amide bonds. The SMILES string of the molecule is CCC(=O)N(CCOCCOCCOCCN=[N+]=[N-])c1ccccc1. The third-order valence-corrected chi connectivity index (χ3v) is 3.27. The van der Waals surface area contributed by atoms with Gasteiger partial charge < -0.3 is 19.1 Å². The molecule has 0 aliphatic carbocycles. The van der Waals surface area contributed by atoms with Crippen LogP contribution in [0.25, 0.3) is 10.4 Å². The van der Waals surface area contributed by atoms with Crippen LogP contribution in [0.3, 0.4) is 0 Å². The summed E-state index contributed by atoms with van der Waals surface area (Å²) >= 11 is 0. The number of carbonyl (C=O) groups is 1. The summed E-state index contributed by atoms with van der Waals surface area (Å²) in [6.07, 6.45) is 0.456. The lowest BCUT2D eigenvalue weighted by Gasteiger charge is -2.22. The Balaban J connectivity index is 2.09. The fraction of sp³-hybridized carbons (Fsp3) is 0.588. The number of anilines is 1. The molecule has 0 spiro atoms. The molecule has 8 heteroatoms. The van der Waals surface area contributed by atoms with Crippen molar-refractivity contribution in [3.8, 4) is 0 Å². The number of benzene rings is 1. The van der Waals surface area contributed by atoms with Crippen LogP contribution in [0.4, 0.5) is 5.69 Å². The maximum absolute atomic E-state index is 12.1. The Kier molecular flexibility index (Phi) is 11.9. The van der Waals surface area contributed by atoms with Gasteiger partial charge in [0.05, 0.1) is 39.6 Å². The van der Waals surface area contributed by atoms with Crippen LogP contribution in [0.15, 0.2) is 35.4 Å². The quantitative estimate of drug-likeness (QED) is 0.223. The van der Waals surface area contributed by atoms with E-state index in [1.807, 2.05) is 37.3 Å². The molecule has 0 N–H and O–H groups in total. The van der Waals surface area contributed by atoms with Crippen molar-refractivity contribution < 1.29 is 19.0 Å². The average molecular weight is 350 g/mol. The van der Waals surface area contributed by atoms with Crippen molar-refractivity contribution >= 4 is 11.6 Å². The molecule has 1 rings (SSSR count). The summed E-state index contributed by atoms with van der Waals surface area (Å²) in [4.78, 5) is 16.4. The molecule has 1 aromatic rings. The van der Waals surface area contributed by atoms with Crippen molar-refractivity contribution in [2.75, 3.05) is 57.6 Å². The number of carbonyl (C=O) groups excluding carboxylic acids is 1. The van der Waals surface area contributed by atoms with Gasteiger partial charge in [0.1, 0.15) is 0 Å². The summed E-state index contributed by atoms with van der Waals surface area (Å²) in [5.41, 5.74) is 8.98. The highest BCUT2D eigenvalue weighted by Gasteiger charge is 2.12. The first-order valence-electron chi connectivity index (χ1n) is 8.39. The smallest absolute Gasteiger partial charge is 0.226 e. The molecule has 0 heterocycles. The van der Waals surface area contributed by atoms with Gasteiger partial charge in [-0.3, -0.25) is 4.79 Å². The lowest BCUT2D eigenvalue weighted by atomic mass is 10.2. The topological polar surface area (TPSA) is 96.8 Å².